The molecule has 1 N–H and O–H groups in total. The Bertz CT molecular complexity index is 206. The molecule has 0 aliphatic heterocycles. The maximum absolute atomic E-state index is 4.19. The zero-order chi connectivity index (χ0) is 8.10. The molecule has 0 aliphatic rings. The van der Waals surface area contributed by atoms with Crippen molar-refractivity contribution in [2.24, 2.45) is 0 Å². The van der Waals surface area contributed by atoms with Crippen LogP contribution in [-0.4, -0.2) is 11.5 Å². The van der Waals surface area contributed by atoms with Gasteiger partial charge in [-0.15, -0.1) is 17.9 Å². The number of nitrogens with zero attached hydrogens (tertiary/aromatic N) is 1. The van der Waals surface area contributed by atoms with E-state index in [4.69, 9.17) is 0 Å². The van der Waals surface area contributed by atoms with Crippen LogP contribution in [0.3, 0.4) is 0 Å². The largest absolute Gasteiger partial charge is 0.305 e. The fourth-order valence-corrected chi connectivity index (χ4v) is 1.47. The Labute approximate surface area is 71.0 Å². The minimum Gasteiger partial charge on any atom is -0.305 e. The first-order valence-corrected chi connectivity index (χ1v) is 4.46. The Morgan fingerprint density at radius 3 is 3.27 bits per heavy atom. The number of hydrogen-bond acceptors (Lipinski definition) is 3. The lowest BCUT2D eigenvalue weighted by atomic mass is 10.3. The van der Waals surface area contributed by atoms with E-state index in [2.05, 4.69) is 23.8 Å². The molecule has 60 valence electrons. The topological polar surface area (TPSA) is 24.9 Å². The molecule has 1 heterocycles. The van der Waals surface area contributed by atoms with Crippen molar-refractivity contribution >= 4 is 11.3 Å². The molecular formula is C8H12N2S. The zero-order valence-corrected chi connectivity index (χ0v) is 7.40. The van der Waals surface area contributed by atoms with Crippen LogP contribution in [0.4, 0.5) is 0 Å². The highest BCUT2D eigenvalue weighted by molar-refractivity contribution is 7.09. The summed E-state index contributed by atoms with van der Waals surface area (Å²) in [6.07, 6.45) is 3.68. The Balaban J connectivity index is 2.42. The average molecular weight is 168 g/mol. The Hall–Kier alpha value is -0.670. The van der Waals surface area contributed by atoms with Gasteiger partial charge in [-0.2, -0.15) is 0 Å². The Morgan fingerprint density at radius 2 is 2.73 bits per heavy atom. The molecule has 1 aromatic heterocycles. The van der Waals surface area contributed by atoms with Gasteiger partial charge >= 0.3 is 0 Å². The summed E-state index contributed by atoms with van der Waals surface area (Å²) in [4.78, 5) is 4.19. The van der Waals surface area contributed by atoms with Crippen LogP contribution in [0, 0.1) is 0 Å². The minimum atomic E-state index is 0.341. The molecule has 0 aliphatic carbocycles. The number of aromatic nitrogens is 1. The van der Waals surface area contributed by atoms with Crippen molar-refractivity contribution in [1.82, 2.24) is 10.3 Å². The van der Waals surface area contributed by atoms with Crippen LogP contribution in [0.15, 0.2) is 24.2 Å². The molecule has 0 bridgehead atoms. The van der Waals surface area contributed by atoms with Crippen LogP contribution >= 0.6 is 11.3 Å². The summed E-state index contributed by atoms with van der Waals surface area (Å²) in [6.45, 7) is 6.57. The van der Waals surface area contributed by atoms with Gasteiger partial charge in [-0.1, -0.05) is 6.08 Å². The van der Waals surface area contributed by atoms with E-state index in [1.807, 2.05) is 17.7 Å². The highest BCUT2D eigenvalue weighted by atomic mass is 32.1. The van der Waals surface area contributed by atoms with Gasteiger partial charge < -0.3 is 5.32 Å². The van der Waals surface area contributed by atoms with Crippen LogP contribution in [0.2, 0.25) is 0 Å². The van der Waals surface area contributed by atoms with Crippen molar-refractivity contribution in [1.29, 1.82) is 0 Å². The lowest BCUT2D eigenvalue weighted by Crippen LogP contribution is -2.17. The molecule has 0 amide bonds. The van der Waals surface area contributed by atoms with E-state index >= 15 is 0 Å². The third-order valence-corrected chi connectivity index (χ3v) is 2.35. The third kappa shape index (κ3) is 2.44. The summed E-state index contributed by atoms with van der Waals surface area (Å²) >= 11 is 1.67. The van der Waals surface area contributed by atoms with Crippen LogP contribution < -0.4 is 5.32 Å². The smallest absolute Gasteiger partial charge is 0.109 e. The summed E-state index contributed by atoms with van der Waals surface area (Å²) in [5.74, 6) is 0. The molecule has 0 spiro atoms. The van der Waals surface area contributed by atoms with Crippen molar-refractivity contribution in [2.75, 3.05) is 6.54 Å². The molecule has 0 saturated carbocycles. The third-order valence-electron chi connectivity index (χ3n) is 1.39. The summed E-state index contributed by atoms with van der Waals surface area (Å²) < 4.78 is 0. The molecule has 1 aromatic rings. The first kappa shape index (κ1) is 8.43. The van der Waals surface area contributed by atoms with E-state index in [1.165, 1.54) is 0 Å². The van der Waals surface area contributed by atoms with Crippen LogP contribution in [-0.2, 0) is 0 Å². The normalized spacial score (nSPS) is 12.8. The van der Waals surface area contributed by atoms with Crippen LogP contribution in [0.25, 0.3) is 0 Å². The van der Waals surface area contributed by atoms with Crippen LogP contribution in [0.5, 0.6) is 0 Å². The van der Waals surface area contributed by atoms with Gasteiger partial charge in [-0.25, -0.2) is 4.98 Å². The maximum Gasteiger partial charge on any atom is 0.109 e. The van der Waals surface area contributed by atoms with E-state index in [9.17, 15) is 0 Å². The first-order chi connectivity index (χ1) is 5.34. The van der Waals surface area contributed by atoms with Crippen molar-refractivity contribution in [3.05, 3.63) is 29.2 Å². The molecule has 0 aromatic carbocycles. The van der Waals surface area contributed by atoms with E-state index in [1.54, 1.807) is 11.3 Å². The molecule has 0 radical (unpaired) electrons. The van der Waals surface area contributed by atoms with Gasteiger partial charge in [-0.3, -0.25) is 0 Å². The first-order valence-electron chi connectivity index (χ1n) is 3.58. The van der Waals surface area contributed by atoms with Gasteiger partial charge in [0.1, 0.15) is 5.01 Å². The zero-order valence-electron chi connectivity index (χ0n) is 6.58. The predicted molar refractivity (Wildman–Crippen MR) is 48.7 cm³/mol. The second kappa shape index (κ2) is 4.26. The number of thiazole rings is 1. The molecular weight excluding hydrogens is 156 g/mol. The van der Waals surface area contributed by atoms with Crippen LogP contribution in [0.1, 0.15) is 18.0 Å². The van der Waals surface area contributed by atoms with E-state index in [0.29, 0.717) is 6.04 Å². The second-order valence-corrected chi connectivity index (χ2v) is 3.22. The number of hydrogen-bond donors (Lipinski definition) is 1. The summed E-state index contributed by atoms with van der Waals surface area (Å²) in [5.41, 5.74) is 0. The quantitative estimate of drug-likeness (QED) is 0.695. The molecule has 3 heteroatoms. The average Bonchev–Trinajstić information content (AvgIpc) is 2.52. The van der Waals surface area contributed by atoms with Gasteiger partial charge in [0.25, 0.3) is 0 Å². The Morgan fingerprint density at radius 1 is 1.91 bits per heavy atom. The fraction of sp³-hybridized carbons (Fsp3) is 0.375. The number of rotatable bonds is 4. The highest BCUT2D eigenvalue weighted by Crippen LogP contribution is 2.13. The second-order valence-electron chi connectivity index (χ2n) is 2.29. The van der Waals surface area contributed by atoms with E-state index < -0.39 is 0 Å². The molecule has 1 rings (SSSR count). The predicted octanol–water partition coefficient (Wildman–Crippen LogP) is 1.98. The molecule has 0 unspecified atom stereocenters. The summed E-state index contributed by atoms with van der Waals surface area (Å²) in [5, 5.41) is 6.38. The van der Waals surface area contributed by atoms with E-state index in [-0.39, 0.29) is 0 Å². The monoisotopic (exact) mass is 168 g/mol. The lowest BCUT2D eigenvalue weighted by molar-refractivity contribution is 0.614. The van der Waals surface area contributed by atoms with Gasteiger partial charge in [0.05, 0.1) is 6.04 Å². The standard InChI is InChI=1S/C8H12N2S/c1-3-4-9-7(2)8-10-5-6-11-8/h3,5-7,9H,1,4H2,2H3/t7-/m1/s1. The van der Waals surface area contributed by atoms with Crippen molar-refractivity contribution in [3.63, 3.8) is 0 Å². The van der Waals surface area contributed by atoms with Gasteiger partial charge in [-0.05, 0) is 6.92 Å². The van der Waals surface area contributed by atoms with Gasteiger partial charge in [0.15, 0.2) is 0 Å². The minimum absolute atomic E-state index is 0.341. The molecule has 11 heavy (non-hydrogen) atoms. The fourth-order valence-electron chi connectivity index (χ4n) is 0.796. The summed E-state index contributed by atoms with van der Waals surface area (Å²) in [7, 11) is 0. The van der Waals surface area contributed by atoms with E-state index in [0.717, 1.165) is 11.6 Å². The molecule has 2 nitrogen and oxygen atoms in total. The van der Waals surface area contributed by atoms with Crippen molar-refractivity contribution in [3.8, 4) is 0 Å². The van der Waals surface area contributed by atoms with Crippen molar-refractivity contribution in [2.45, 2.75) is 13.0 Å². The number of nitrogens with one attached hydrogen (secondary N) is 1. The van der Waals surface area contributed by atoms with Gasteiger partial charge in [0.2, 0.25) is 0 Å². The molecule has 0 saturated heterocycles. The molecule has 1 atom stereocenters. The van der Waals surface area contributed by atoms with Gasteiger partial charge in [0, 0.05) is 18.1 Å². The summed E-state index contributed by atoms with van der Waals surface area (Å²) in [6, 6.07) is 0.341. The lowest BCUT2D eigenvalue weighted by Gasteiger charge is -2.07. The SMILES string of the molecule is C=CCN[C@H](C)c1nccs1. The molecule has 0 fully saturated rings. The highest BCUT2D eigenvalue weighted by Gasteiger charge is 2.04. The maximum atomic E-state index is 4.19. The Kier molecular flexibility index (Phi) is 3.26. The van der Waals surface area contributed by atoms with Crippen molar-refractivity contribution < 1.29 is 0 Å².